The van der Waals surface area contributed by atoms with Gasteiger partial charge in [-0.05, 0) is 29.8 Å². The summed E-state index contributed by atoms with van der Waals surface area (Å²) in [4.78, 5) is 15.0. The van der Waals surface area contributed by atoms with E-state index in [-0.39, 0.29) is 35.1 Å². The number of benzene rings is 1. The van der Waals surface area contributed by atoms with Gasteiger partial charge in [0.25, 0.3) is 0 Å². The van der Waals surface area contributed by atoms with Crippen LogP contribution in [0.15, 0.2) is 47.6 Å². The second-order valence-electron chi connectivity index (χ2n) is 3.78. The molecule has 0 unspecified atom stereocenters. The van der Waals surface area contributed by atoms with E-state index in [0.29, 0.717) is 10.8 Å². The summed E-state index contributed by atoms with van der Waals surface area (Å²) in [6.07, 6.45) is 1.57. The summed E-state index contributed by atoms with van der Waals surface area (Å²) < 4.78 is 5.08. The molecule has 0 atom stereocenters. The van der Waals surface area contributed by atoms with Crippen molar-refractivity contribution in [3.63, 3.8) is 0 Å². The van der Waals surface area contributed by atoms with Gasteiger partial charge in [-0.15, -0.1) is 11.8 Å². The van der Waals surface area contributed by atoms with Gasteiger partial charge in [0.05, 0.1) is 13.1 Å². The molecule has 0 radical (unpaired) electrons. The van der Waals surface area contributed by atoms with Crippen molar-refractivity contribution < 1.29 is 44.2 Å². The molecule has 0 fully saturated rings. The summed E-state index contributed by atoms with van der Waals surface area (Å²) in [6.45, 7) is 0. The van der Waals surface area contributed by atoms with E-state index >= 15 is 0 Å². The largest absolute Gasteiger partial charge is 1.00 e. The van der Waals surface area contributed by atoms with Crippen LogP contribution in [0.25, 0.3) is 0 Å². The summed E-state index contributed by atoms with van der Waals surface area (Å²) in [7, 11) is 1.61. The van der Waals surface area contributed by atoms with Crippen molar-refractivity contribution in [1.82, 2.24) is 4.98 Å². The van der Waals surface area contributed by atoms with Crippen LogP contribution in [-0.2, 0) is 5.75 Å². The maximum absolute atomic E-state index is 10.9. The molecule has 0 aliphatic carbocycles. The molecule has 0 saturated heterocycles. The van der Waals surface area contributed by atoms with E-state index < -0.39 is 5.97 Å². The van der Waals surface area contributed by atoms with Crippen LogP contribution < -0.4 is 39.4 Å². The minimum Gasteiger partial charge on any atom is -0.545 e. The predicted octanol–water partition coefficient (Wildman–Crippen LogP) is -1.25. The molecule has 4 nitrogen and oxygen atoms in total. The normalized spacial score (nSPS) is 9.65. The minimum absolute atomic E-state index is 0. The van der Waals surface area contributed by atoms with Crippen LogP contribution in [0, 0.1) is 0 Å². The average molecular weight is 297 g/mol. The summed E-state index contributed by atoms with van der Waals surface area (Å²) in [5, 5.41) is 11.4. The first kappa shape index (κ1) is 17.0. The smallest absolute Gasteiger partial charge is 0.545 e. The van der Waals surface area contributed by atoms with Gasteiger partial charge in [0, 0.05) is 17.5 Å². The van der Waals surface area contributed by atoms with Crippen LogP contribution in [0.1, 0.15) is 15.9 Å². The van der Waals surface area contributed by atoms with Gasteiger partial charge in [-0.2, -0.15) is 0 Å². The molecule has 20 heavy (non-hydrogen) atoms. The summed E-state index contributed by atoms with van der Waals surface area (Å²) >= 11 is 1.37. The molecular formula is C14H12NNaO3S. The number of carbonyl (C=O) groups excluding carboxylic acids is 1. The van der Waals surface area contributed by atoms with Crippen LogP contribution in [0.2, 0.25) is 0 Å². The third-order valence-corrected chi connectivity index (χ3v) is 3.60. The number of ether oxygens (including phenoxy) is 1. The van der Waals surface area contributed by atoms with Crippen LogP contribution in [0.5, 0.6) is 5.75 Å². The number of hydrogen-bond donors (Lipinski definition) is 0. The molecule has 1 heterocycles. The molecule has 0 aliphatic heterocycles. The van der Waals surface area contributed by atoms with Crippen LogP contribution in [0.3, 0.4) is 0 Å². The number of carboxylic acid groups (broad SMARTS) is 1. The summed E-state index contributed by atoms with van der Waals surface area (Å²) in [5.41, 5.74) is 1.20. The van der Waals surface area contributed by atoms with Crippen LogP contribution in [-0.4, -0.2) is 18.1 Å². The molecule has 1 aromatic carbocycles. The van der Waals surface area contributed by atoms with Crippen molar-refractivity contribution in [2.24, 2.45) is 0 Å². The Morgan fingerprint density at radius 1 is 1.30 bits per heavy atom. The second-order valence-corrected chi connectivity index (χ2v) is 4.74. The number of methoxy groups -OCH3 is 1. The fraction of sp³-hybridized carbons (Fsp3) is 0.143. The molecule has 0 saturated carbocycles. The van der Waals surface area contributed by atoms with E-state index in [1.54, 1.807) is 19.4 Å². The van der Waals surface area contributed by atoms with E-state index in [4.69, 9.17) is 4.74 Å². The Morgan fingerprint density at radius 3 is 2.60 bits per heavy atom. The first-order chi connectivity index (χ1) is 9.20. The predicted molar refractivity (Wildman–Crippen MR) is 71.1 cm³/mol. The molecule has 2 aromatic rings. The standard InChI is InChI=1S/C14H13NO3S.Na/c1-18-11-6-4-10(5-7-11)9-19-13-12(14(16)17)3-2-8-15-13;/h2-8H,9H2,1H3,(H,16,17);/q;+1/p-1. The Bertz CT molecular complexity index is 575. The van der Waals surface area contributed by atoms with Crippen molar-refractivity contribution in [3.05, 3.63) is 53.7 Å². The molecule has 0 bridgehead atoms. The van der Waals surface area contributed by atoms with E-state index in [9.17, 15) is 9.90 Å². The Morgan fingerprint density at radius 2 is 2.00 bits per heavy atom. The molecule has 0 N–H and O–H groups in total. The SMILES string of the molecule is COc1ccc(CSc2ncccc2C(=O)[O-])cc1.[Na+]. The Hall–Kier alpha value is -1.01. The van der Waals surface area contributed by atoms with Gasteiger partial charge in [-0.3, -0.25) is 0 Å². The average Bonchev–Trinajstić information content (AvgIpc) is 2.46. The van der Waals surface area contributed by atoms with Crippen molar-refractivity contribution >= 4 is 17.7 Å². The number of nitrogens with zero attached hydrogens (tertiary/aromatic N) is 1. The van der Waals surface area contributed by atoms with E-state index in [1.807, 2.05) is 24.3 Å². The van der Waals surface area contributed by atoms with Crippen molar-refractivity contribution in [2.45, 2.75) is 10.8 Å². The molecule has 1 aromatic heterocycles. The number of rotatable bonds is 5. The topological polar surface area (TPSA) is 62.2 Å². The first-order valence-corrected chi connectivity index (χ1v) is 6.61. The van der Waals surface area contributed by atoms with Crippen LogP contribution >= 0.6 is 11.8 Å². The number of aromatic carboxylic acids is 1. The summed E-state index contributed by atoms with van der Waals surface area (Å²) in [5.74, 6) is 0.230. The van der Waals surface area contributed by atoms with Gasteiger partial charge in [-0.25, -0.2) is 4.98 Å². The van der Waals surface area contributed by atoms with Gasteiger partial charge >= 0.3 is 29.6 Å². The monoisotopic (exact) mass is 297 g/mol. The van der Waals surface area contributed by atoms with Crippen molar-refractivity contribution in [1.29, 1.82) is 0 Å². The van der Waals surface area contributed by atoms with E-state index in [1.165, 1.54) is 17.8 Å². The maximum Gasteiger partial charge on any atom is 1.00 e. The fourth-order valence-corrected chi connectivity index (χ4v) is 2.47. The molecule has 0 amide bonds. The first-order valence-electron chi connectivity index (χ1n) is 5.63. The Kier molecular flexibility index (Phi) is 7.09. The van der Waals surface area contributed by atoms with Gasteiger partial charge < -0.3 is 14.6 Å². The number of carboxylic acids is 1. The number of thioether (sulfide) groups is 1. The van der Waals surface area contributed by atoms with Gasteiger partial charge in [0.15, 0.2) is 0 Å². The van der Waals surface area contributed by atoms with E-state index in [2.05, 4.69) is 4.98 Å². The number of hydrogen-bond acceptors (Lipinski definition) is 5. The van der Waals surface area contributed by atoms with Gasteiger partial charge in [0.2, 0.25) is 0 Å². The zero-order valence-corrected chi connectivity index (χ0v) is 14.1. The van der Waals surface area contributed by atoms with Crippen molar-refractivity contribution in [3.8, 4) is 5.75 Å². The van der Waals surface area contributed by atoms with Gasteiger partial charge in [0.1, 0.15) is 10.8 Å². The van der Waals surface area contributed by atoms with Crippen molar-refractivity contribution in [2.75, 3.05) is 7.11 Å². The minimum atomic E-state index is -1.20. The molecule has 98 valence electrons. The molecule has 0 aliphatic rings. The molecular weight excluding hydrogens is 285 g/mol. The quantitative estimate of drug-likeness (QED) is 0.510. The fourth-order valence-electron chi connectivity index (χ4n) is 1.53. The second kappa shape index (κ2) is 8.32. The van der Waals surface area contributed by atoms with Gasteiger partial charge in [-0.1, -0.05) is 12.1 Å². The maximum atomic E-state index is 10.9. The number of pyridine rings is 1. The molecule has 6 heteroatoms. The number of aromatic nitrogens is 1. The van der Waals surface area contributed by atoms with Crippen LogP contribution in [0.4, 0.5) is 0 Å². The zero-order valence-electron chi connectivity index (χ0n) is 11.3. The zero-order chi connectivity index (χ0) is 13.7. The third kappa shape index (κ3) is 4.52. The van der Waals surface area contributed by atoms with E-state index in [0.717, 1.165) is 11.3 Å². The Labute approximate surface area is 143 Å². The Balaban J connectivity index is 0.00000200. The molecule has 0 spiro atoms. The number of carbonyl (C=O) groups is 1. The third-order valence-electron chi connectivity index (χ3n) is 2.53. The molecule has 2 rings (SSSR count). The summed E-state index contributed by atoms with van der Waals surface area (Å²) in [6, 6.07) is 10.7.